The highest BCUT2D eigenvalue weighted by molar-refractivity contribution is 7.99. The number of methoxy groups -OCH3 is 1. The van der Waals surface area contributed by atoms with Crippen LogP contribution in [0.4, 0.5) is 5.69 Å². The number of hydrogen-bond donors (Lipinski definition) is 2. The molecule has 1 unspecified atom stereocenters. The molecule has 2 aromatic carbocycles. The Morgan fingerprint density at radius 3 is 2.71 bits per heavy atom. The fourth-order valence-corrected chi connectivity index (χ4v) is 2.95. The van der Waals surface area contributed by atoms with E-state index in [-0.39, 0.29) is 11.8 Å². The maximum Gasteiger partial charge on any atom is 0.121 e. The number of phenolic OH excluding ortho intramolecular Hbond substituents is 1. The largest absolute Gasteiger partial charge is 0.508 e. The lowest BCUT2D eigenvalue weighted by Gasteiger charge is -2.19. The van der Waals surface area contributed by atoms with E-state index in [4.69, 9.17) is 4.74 Å². The second-order valence-corrected chi connectivity index (χ2v) is 6.03. The SMILES string of the molecule is CCSc1ccccc1NC(C)c1cc(OC)ccc1O. The van der Waals surface area contributed by atoms with Crippen LogP contribution in [0.3, 0.4) is 0 Å². The molecule has 3 nitrogen and oxygen atoms in total. The monoisotopic (exact) mass is 303 g/mol. The predicted molar refractivity (Wildman–Crippen MR) is 89.5 cm³/mol. The van der Waals surface area contributed by atoms with Crippen LogP contribution < -0.4 is 10.1 Å². The number of thioether (sulfide) groups is 1. The van der Waals surface area contributed by atoms with E-state index in [2.05, 4.69) is 24.4 Å². The van der Waals surface area contributed by atoms with E-state index in [0.717, 1.165) is 22.8 Å². The van der Waals surface area contributed by atoms with Gasteiger partial charge in [-0.05, 0) is 43.0 Å². The molecule has 0 saturated heterocycles. The van der Waals surface area contributed by atoms with Gasteiger partial charge >= 0.3 is 0 Å². The van der Waals surface area contributed by atoms with E-state index < -0.39 is 0 Å². The van der Waals surface area contributed by atoms with Gasteiger partial charge in [0.25, 0.3) is 0 Å². The van der Waals surface area contributed by atoms with Crippen molar-refractivity contribution in [2.45, 2.75) is 24.8 Å². The molecule has 2 rings (SSSR count). The minimum atomic E-state index is -0.0151. The summed E-state index contributed by atoms with van der Waals surface area (Å²) in [4.78, 5) is 1.22. The minimum absolute atomic E-state index is 0.0151. The highest BCUT2D eigenvalue weighted by Crippen LogP contribution is 2.33. The lowest BCUT2D eigenvalue weighted by molar-refractivity contribution is 0.410. The summed E-state index contributed by atoms with van der Waals surface area (Å²) >= 11 is 1.80. The maximum absolute atomic E-state index is 10.1. The van der Waals surface area contributed by atoms with Gasteiger partial charge in [0.1, 0.15) is 11.5 Å². The number of ether oxygens (including phenoxy) is 1. The summed E-state index contributed by atoms with van der Waals surface area (Å²) in [6, 6.07) is 13.5. The molecule has 0 amide bonds. The molecule has 0 bridgehead atoms. The Hall–Kier alpha value is -1.81. The lowest BCUT2D eigenvalue weighted by atomic mass is 10.1. The fraction of sp³-hybridized carbons (Fsp3) is 0.294. The quantitative estimate of drug-likeness (QED) is 0.760. The van der Waals surface area contributed by atoms with Crippen LogP contribution >= 0.6 is 11.8 Å². The molecule has 0 radical (unpaired) electrons. The van der Waals surface area contributed by atoms with Crippen molar-refractivity contribution in [2.75, 3.05) is 18.2 Å². The summed E-state index contributed by atoms with van der Waals surface area (Å²) in [5.74, 6) is 2.04. The zero-order valence-electron chi connectivity index (χ0n) is 12.6. The molecule has 0 aliphatic carbocycles. The zero-order chi connectivity index (χ0) is 15.2. The molecular weight excluding hydrogens is 282 g/mol. The first-order valence-electron chi connectivity index (χ1n) is 7.01. The molecule has 112 valence electrons. The average Bonchev–Trinajstić information content (AvgIpc) is 2.50. The van der Waals surface area contributed by atoms with Crippen LogP contribution in [0.25, 0.3) is 0 Å². The van der Waals surface area contributed by atoms with Crippen LogP contribution in [0, 0.1) is 0 Å². The number of benzene rings is 2. The van der Waals surface area contributed by atoms with Crippen LogP contribution in [0.2, 0.25) is 0 Å². The third kappa shape index (κ3) is 3.85. The summed E-state index contributed by atoms with van der Waals surface area (Å²) in [6.07, 6.45) is 0. The average molecular weight is 303 g/mol. The number of phenols is 1. The van der Waals surface area contributed by atoms with Crippen molar-refractivity contribution >= 4 is 17.4 Å². The third-order valence-electron chi connectivity index (χ3n) is 3.26. The van der Waals surface area contributed by atoms with E-state index in [1.165, 1.54) is 4.90 Å². The molecule has 0 aliphatic rings. The Labute approximate surface area is 130 Å². The third-order valence-corrected chi connectivity index (χ3v) is 4.22. The van der Waals surface area contributed by atoms with Gasteiger partial charge in [0, 0.05) is 16.1 Å². The number of aromatic hydroxyl groups is 1. The van der Waals surface area contributed by atoms with E-state index in [1.807, 2.05) is 25.1 Å². The molecule has 4 heteroatoms. The van der Waals surface area contributed by atoms with Gasteiger partial charge in [0.2, 0.25) is 0 Å². The molecule has 0 aromatic heterocycles. The standard InChI is InChI=1S/C17H21NO2S/c1-4-21-17-8-6-5-7-15(17)18-12(2)14-11-13(20-3)9-10-16(14)19/h5-12,18-19H,4H2,1-3H3. The van der Waals surface area contributed by atoms with Crippen molar-refractivity contribution in [2.24, 2.45) is 0 Å². The molecular formula is C17H21NO2S. The first-order valence-corrected chi connectivity index (χ1v) is 7.99. The molecule has 0 heterocycles. The highest BCUT2D eigenvalue weighted by atomic mass is 32.2. The van der Waals surface area contributed by atoms with Gasteiger partial charge in [-0.3, -0.25) is 0 Å². The molecule has 0 aliphatic heterocycles. The van der Waals surface area contributed by atoms with Gasteiger partial charge in [-0.25, -0.2) is 0 Å². The van der Waals surface area contributed by atoms with Crippen LogP contribution in [-0.4, -0.2) is 18.0 Å². The van der Waals surface area contributed by atoms with Gasteiger partial charge in [0.05, 0.1) is 13.2 Å². The lowest BCUT2D eigenvalue weighted by Crippen LogP contribution is -2.08. The second-order valence-electron chi connectivity index (χ2n) is 4.72. The summed E-state index contributed by atoms with van der Waals surface area (Å²) in [5, 5.41) is 13.5. The summed E-state index contributed by atoms with van der Waals surface area (Å²) in [6.45, 7) is 4.17. The van der Waals surface area contributed by atoms with E-state index in [9.17, 15) is 5.11 Å². The van der Waals surface area contributed by atoms with Crippen molar-refractivity contribution in [1.82, 2.24) is 0 Å². The summed E-state index contributed by atoms with van der Waals surface area (Å²) in [7, 11) is 1.63. The van der Waals surface area contributed by atoms with Crippen LogP contribution in [-0.2, 0) is 0 Å². The van der Waals surface area contributed by atoms with Crippen molar-refractivity contribution in [3.8, 4) is 11.5 Å². The van der Waals surface area contributed by atoms with Gasteiger partial charge in [-0.2, -0.15) is 0 Å². The maximum atomic E-state index is 10.1. The molecule has 1 atom stereocenters. The first kappa shape index (κ1) is 15.6. The zero-order valence-corrected chi connectivity index (χ0v) is 13.4. The topological polar surface area (TPSA) is 41.5 Å². The predicted octanol–water partition coefficient (Wildman–Crippen LogP) is 4.69. The van der Waals surface area contributed by atoms with Crippen molar-refractivity contribution < 1.29 is 9.84 Å². The second kappa shape index (κ2) is 7.27. The van der Waals surface area contributed by atoms with Gasteiger partial charge in [-0.1, -0.05) is 19.1 Å². The Morgan fingerprint density at radius 1 is 1.24 bits per heavy atom. The minimum Gasteiger partial charge on any atom is -0.508 e. The molecule has 0 spiro atoms. The Bertz CT molecular complexity index is 601. The van der Waals surface area contributed by atoms with E-state index >= 15 is 0 Å². The number of para-hydroxylation sites is 1. The summed E-state index contributed by atoms with van der Waals surface area (Å²) in [5.41, 5.74) is 1.91. The van der Waals surface area contributed by atoms with E-state index in [0.29, 0.717) is 0 Å². The van der Waals surface area contributed by atoms with Crippen LogP contribution in [0.1, 0.15) is 25.5 Å². The van der Waals surface area contributed by atoms with Crippen molar-refractivity contribution in [3.63, 3.8) is 0 Å². The highest BCUT2D eigenvalue weighted by Gasteiger charge is 2.13. The first-order chi connectivity index (χ1) is 10.2. The normalized spacial score (nSPS) is 12.0. The number of anilines is 1. The number of rotatable bonds is 6. The smallest absolute Gasteiger partial charge is 0.121 e. The molecule has 21 heavy (non-hydrogen) atoms. The summed E-state index contributed by atoms with van der Waals surface area (Å²) < 4.78 is 5.23. The Balaban J connectivity index is 2.23. The van der Waals surface area contributed by atoms with Gasteiger partial charge in [0.15, 0.2) is 0 Å². The fourth-order valence-electron chi connectivity index (χ4n) is 2.18. The molecule has 0 fully saturated rings. The van der Waals surface area contributed by atoms with E-state index in [1.54, 1.807) is 31.0 Å². The van der Waals surface area contributed by atoms with Crippen molar-refractivity contribution in [1.29, 1.82) is 0 Å². The van der Waals surface area contributed by atoms with Crippen LogP contribution in [0.15, 0.2) is 47.4 Å². The Morgan fingerprint density at radius 2 is 2.00 bits per heavy atom. The molecule has 0 saturated carbocycles. The van der Waals surface area contributed by atoms with Gasteiger partial charge < -0.3 is 15.2 Å². The van der Waals surface area contributed by atoms with Crippen LogP contribution in [0.5, 0.6) is 11.5 Å². The number of nitrogens with one attached hydrogen (secondary N) is 1. The Kier molecular flexibility index (Phi) is 5.39. The number of hydrogen-bond acceptors (Lipinski definition) is 4. The van der Waals surface area contributed by atoms with Gasteiger partial charge in [-0.15, -0.1) is 11.8 Å². The molecule has 2 N–H and O–H groups in total. The van der Waals surface area contributed by atoms with Crippen molar-refractivity contribution in [3.05, 3.63) is 48.0 Å². The molecule has 2 aromatic rings.